The molecule has 1 heterocycles. The molecule has 1 aliphatic heterocycles. The first kappa shape index (κ1) is 31.1. The maximum Gasteiger partial charge on any atom is 0.431 e. The zero-order valence-electron chi connectivity index (χ0n) is 25.6. The lowest BCUT2D eigenvalue weighted by atomic mass is 9.75. The number of hydroxylamine groups is 2. The Morgan fingerprint density at radius 1 is 0.833 bits per heavy atom. The number of amides is 2. The Hall–Kier alpha value is -3.84. The van der Waals surface area contributed by atoms with Crippen molar-refractivity contribution in [3.05, 3.63) is 90.5 Å². The van der Waals surface area contributed by atoms with Crippen LogP contribution in [0.2, 0.25) is 0 Å². The lowest BCUT2D eigenvalue weighted by Gasteiger charge is -2.45. The van der Waals surface area contributed by atoms with Gasteiger partial charge in [-0.1, -0.05) is 107 Å². The van der Waals surface area contributed by atoms with Crippen LogP contribution in [0.25, 0.3) is 11.1 Å². The molecule has 1 fully saturated rings. The first-order valence-electron chi connectivity index (χ1n) is 14.9. The van der Waals surface area contributed by atoms with Crippen molar-refractivity contribution in [2.24, 2.45) is 17.3 Å². The molecule has 1 N–H and O–H groups in total. The quantitative estimate of drug-likeness (QED) is 0.261. The Bertz CT molecular complexity index is 1280. The summed E-state index contributed by atoms with van der Waals surface area (Å²) in [5.41, 5.74) is 3.84. The number of rotatable bonds is 10. The zero-order valence-corrected chi connectivity index (χ0v) is 25.6. The molecule has 42 heavy (non-hydrogen) atoms. The van der Waals surface area contributed by atoms with Gasteiger partial charge in [-0.25, -0.2) is 4.79 Å². The van der Waals surface area contributed by atoms with Gasteiger partial charge in [0.15, 0.2) is 0 Å². The number of anilines is 1. The lowest BCUT2D eigenvalue weighted by molar-refractivity contribution is -0.202. The molecular formula is C35H45N3O4. The summed E-state index contributed by atoms with van der Waals surface area (Å²) in [7, 11) is 0. The van der Waals surface area contributed by atoms with Crippen molar-refractivity contribution in [2.75, 3.05) is 31.1 Å². The van der Waals surface area contributed by atoms with E-state index < -0.39 is 23.5 Å². The predicted octanol–water partition coefficient (Wildman–Crippen LogP) is 7.19. The minimum Gasteiger partial charge on any atom is -0.463 e. The van der Waals surface area contributed by atoms with Gasteiger partial charge < -0.3 is 14.9 Å². The predicted molar refractivity (Wildman–Crippen MR) is 168 cm³/mol. The highest BCUT2D eigenvalue weighted by Crippen LogP contribution is 2.36. The summed E-state index contributed by atoms with van der Waals surface area (Å²) in [4.78, 5) is 37.0. The normalized spacial score (nSPS) is 15.4. The summed E-state index contributed by atoms with van der Waals surface area (Å²) < 4.78 is 0. The number of hydrogen-bond acceptors (Lipinski definition) is 4. The number of carbonyl (C=O) groups is 2. The van der Waals surface area contributed by atoms with Crippen LogP contribution in [0.15, 0.2) is 84.9 Å². The number of benzene rings is 3. The highest BCUT2D eigenvalue weighted by molar-refractivity contribution is 5.81. The van der Waals surface area contributed by atoms with E-state index >= 15 is 0 Å². The molecule has 7 heteroatoms. The van der Waals surface area contributed by atoms with Crippen LogP contribution in [0.3, 0.4) is 0 Å². The fourth-order valence-electron chi connectivity index (χ4n) is 5.88. The van der Waals surface area contributed by atoms with Gasteiger partial charge in [-0.2, -0.15) is 5.06 Å². The van der Waals surface area contributed by atoms with E-state index in [9.17, 15) is 14.7 Å². The van der Waals surface area contributed by atoms with E-state index in [4.69, 9.17) is 4.84 Å². The molecule has 0 aromatic heterocycles. The van der Waals surface area contributed by atoms with Gasteiger partial charge in [-0.3, -0.25) is 9.63 Å². The Balaban J connectivity index is 1.49. The SMILES string of the molecule is CC(C)C[C@H](C(=O)N1CCN(c2ccc(-c3ccccc3)cc2)CC1)C(N(OCc1ccccc1)C(=O)O)C(C)(C)C. The lowest BCUT2D eigenvalue weighted by Crippen LogP contribution is -2.58. The molecule has 0 saturated carbocycles. The van der Waals surface area contributed by atoms with E-state index in [1.807, 2.05) is 74.2 Å². The molecule has 3 aromatic carbocycles. The van der Waals surface area contributed by atoms with Crippen molar-refractivity contribution in [1.82, 2.24) is 9.96 Å². The monoisotopic (exact) mass is 571 g/mol. The van der Waals surface area contributed by atoms with Gasteiger partial charge in [0.05, 0.1) is 12.0 Å². The minimum absolute atomic E-state index is 0.00254. The molecule has 0 aliphatic carbocycles. The largest absolute Gasteiger partial charge is 0.463 e. The van der Waals surface area contributed by atoms with Crippen molar-refractivity contribution < 1.29 is 19.5 Å². The van der Waals surface area contributed by atoms with E-state index in [0.717, 1.165) is 29.4 Å². The number of nitrogens with zero attached hydrogens (tertiary/aromatic N) is 3. The van der Waals surface area contributed by atoms with Gasteiger partial charge in [-0.15, -0.1) is 0 Å². The summed E-state index contributed by atoms with van der Waals surface area (Å²) >= 11 is 0. The molecular weight excluding hydrogens is 526 g/mol. The molecule has 4 rings (SSSR count). The Morgan fingerprint density at radius 2 is 1.38 bits per heavy atom. The number of piperazine rings is 1. The molecule has 1 unspecified atom stereocenters. The van der Waals surface area contributed by atoms with Crippen LogP contribution >= 0.6 is 0 Å². The Labute approximate surface area is 250 Å². The van der Waals surface area contributed by atoms with E-state index in [2.05, 4.69) is 55.1 Å². The van der Waals surface area contributed by atoms with Crippen LogP contribution in [0.1, 0.15) is 46.6 Å². The van der Waals surface area contributed by atoms with Gasteiger partial charge in [0, 0.05) is 31.9 Å². The second-order valence-corrected chi connectivity index (χ2v) is 12.6. The van der Waals surface area contributed by atoms with Crippen LogP contribution in [-0.4, -0.2) is 59.3 Å². The van der Waals surface area contributed by atoms with Crippen molar-refractivity contribution in [3.63, 3.8) is 0 Å². The third-order valence-electron chi connectivity index (χ3n) is 7.90. The van der Waals surface area contributed by atoms with Crippen molar-refractivity contribution in [2.45, 2.75) is 53.7 Å². The van der Waals surface area contributed by atoms with Crippen LogP contribution in [-0.2, 0) is 16.2 Å². The minimum atomic E-state index is -1.18. The molecule has 224 valence electrons. The second kappa shape index (κ2) is 13.9. The van der Waals surface area contributed by atoms with Crippen molar-refractivity contribution >= 4 is 17.7 Å². The summed E-state index contributed by atoms with van der Waals surface area (Å²) in [6.45, 7) is 12.8. The second-order valence-electron chi connectivity index (χ2n) is 12.6. The molecule has 0 spiro atoms. The number of hydrogen-bond donors (Lipinski definition) is 1. The van der Waals surface area contributed by atoms with E-state index in [1.54, 1.807) is 0 Å². The molecule has 7 nitrogen and oxygen atoms in total. The Morgan fingerprint density at radius 3 is 1.90 bits per heavy atom. The average molecular weight is 572 g/mol. The van der Waals surface area contributed by atoms with Crippen molar-refractivity contribution in [3.8, 4) is 11.1 Å². The smallest absolute Gasteiger partial charge is 0.431 e. The zero-order chi connectivity index (χ0) is 30.3. The number of carbonyl (C=O) groups excluding carboxylic acids is 1. The first-order chi connectivity index (χ1) is 20.0. The van der Waals surface area contributed by atoms with E-state index in [-0.39, 0.29) is 18.4 Å². The summed E-state index contributed by atoms with van der Waals surface area (Å²) in [6, 6.07) is 27.7. The van der Waals surface area contributed by atoms with E-state index in [1.165, 1.54) is 11.1 Å². The summed E-state index contributed by atoms with van der Waals surface area (Å²) in [5, 5.41) is 11.3. The highest BCUT2D eigenvalue weighted by Gasteiger charge is 2.45. The standard InChI is InChI=1S/C35H45N3O4/c1-26(2)24-31(32(35(3,4)5)38(34(40)41)42-25-27-12-8-6-9-13-27)33(39)37-22-20-36(21-23-37)30-18-16-29(17-19-30)28-14-10-7-11-15-28/h6-19,26,31-32H,20-25H2,1-5H3,(H,40,41)/t31-,32?/m0/s1. The van der Waals surface area contributed by atoms with Crippen LogP contribution in [0.5, 0.6) is 0 Å². The van der Waals surface area contributed by atoms with Gasteiger partial charge >= 0.3 is 6.09 Å². The topological polar surface area (TPSA) is 73.3 Å². The molecule has 1 aliphatic rings. The third kappa shape index (κ3) is 7.91. The Kier molecular flexibility index (Phi) is 10.3. The molecule has 2 atom stereocenters. The molecule has 3 aromatic rings. The van der Waals surface area contributed by atoms with Crippen molar-refractivity contribution in [1.29, 1.82) is 0 Å². The van der Waals surface area contributed by atoms with Gasteiger partial charge in [-0.05, 0) is 46.6 Å². The maximum absolute atomic E-state index is 14.2. The van der Waals surface area contributed by atoms with Crippen LogP contribution < -0.4 is 4.90 Å². The molecule has 0 bridgehead atoms. The maximum atomic E-state index is 14.2. The van der Waals surface area contributed by atoms with Gasteiger partial charge in [0.2, 0.25) is 5.91 Å². The van der Waals surface area contributed by atoms with Gasteiger partial charge in [0.25, 0.3) is 0 Å². The fraction of sp³-hybridized carbons (Fsp3) is 0.429. The fourth-order valence-corrected chi connectivity index (χ4v) is 5.88. The van der Waals surface area contributed by atoms with Crippen LogP contribution in [0, 0.1) is 17.3 Å². The summed E-state index contributed by atoms with van der Waals surface area (Å²) in [6.07, 6.45) is -0.614. The summed E-state index contributed by atoms with van der Waals surface area (Å²) in [5.74, 6) is -0.330. The molecule has 1 saturated heterocycles. The molecule has 0 radical (unpaired) electrons. The molecule has 2 amide bonds. The number of carboxylic acid groups (broad SMARTS) is 1. The third-order valence-corrected chi connectivity index (χ3v) is 7.90. The van der Waals surface area contributed by atoms with Gasteiger partial charge in [0.1, 0.15) is 6.61 Å². The average Bonchev–Trinajstić information content (AvgIpc) is 2.98. The van der Waals surface area contributed by atoms with Crippen LogP contribution in [0.4, 0.5) is 10.5 Å². The first-order valence-corrected chi connectivity index (χ1v) is 14.9. The van der Waals surface area contributed by atoms with E-state index in [0.29, 0.717) is 19.5 Å². The highest BCUT2D eigenvalue weighted by atomic mass is 16.7.